The lowest BCUT2D eigenvalue weighted by atomic mass is 10.0. The Morgan fingerprint density at radius 3 is 2.67 bits per heavy atom. The first-order chi connectivity index (χ1) is 21.9. The topological polar surface area (TPSA) is 109 Å². The highest BCUT2D eigenvalue weighted by atomic mass is 35.5. The molecule has 5 rings (SSSR count). The number of piperidine rings is 1. The van der Waals surface area contributed by atoms with E-state index in [0.717, 1.165) is 38.0 Å². The van der Waals surface area contributed by atoms with Crippen LogP contribution in [0.2, 0.25) is 5.02 Å². The van der Waals surface area contributed by atoms with Crippen molar-refractivity contribution in [1.29, 1.82) is 5.26 Å². The average Bonchev–Trinajstić information content (AvgIpc) is 3.04. The van der Waals surface area contributed by atoms with E-state index in [0.29, 0.717) is 62.2 Å². The first kappa shape index (κ1) is 31.7. The zero-order valence-electron chi connectivity index (χ0n) is 25.0. The fourth-order valence-corrected chi connectivity index (χ4v) is 5.35. The Kier molecular flexibility index (Phi) is 10.5. The molecule has 0 unspecified atom stereocenters. The summed E-state index contributed by atoms with van der Waals surface area (Å²) < 4.78 is 30.1. The fourth-order valence-electron chi connectivity index (χ4n) is 5.12. The van der Waals surface area contributed by atoms with Crippen molar-refractivity contribution < 1.29 is 23.4 Å². The Bertz CT molecular complexity index is 1760. The molecule has 1 saturated heterocycles. The molecule has 1 aromatic heterocycles. The van der Waals surface area contributed by atoms with Gasteiger partial charge in [0.15, 0.2) is 0 Å². The van der Waals surface area contributed by atoms with E-state index in [-0.39, 0.29) is 18.3 Å². The molecule has 0 saturated carbocycles. The maximum absolute atomic E-state index is 13.5. The number of pyridine rings is 1. The second-order valence-electron chi connectivity index (χ2n) is 10.5. The van der Waals surface area contributed by atoms with Gasteiger partial charge in [-0.3, -0.25) is 9.78 Å². The molecule has 11 heteroatoms. The number of rotatable bonds is 11. The molecule has 3 aromatic carbocycles. The summed E-state index contributed by atoms with van der Waals surface area (Å²) in [6, 6.07) is 16.9. The summed E-state index contributed by atoms with van der Waals surface area (Å²) in [5.41, 5.74) is 4.16. The lowest BCUT2D eigenvalue weighted by Gasteiger charge is -2.27. The lowest BCUT2D eigenvalue weighted by Crippen LogP contribution is -2.33. The molecular weight excluding hydrogens is 597 g/mol. The fraction of sp³-hybridized carbons (Fsp3) is 0.265. The van der Waals surface area contributed by atoms with E-state index in [2.05, 4.69) is 26.6 Å². The molecule has 0 spiro atoms. The molecule has 4 aromatic rings. The molecule has 1 amide bonds. The first-order valence-corrected chi connectivity index (χ1v) is 14.8. The minimum Gasteiger partial charge on any atom is -0.494 e. The van der Waals surface area contributed by atoms with Crippen LogP contribution in [0.25, 0.3) is 10.9 Å². The van der Waals surface area contributed by atoms with E-state index in [4.69, 9.17) is 25.8 Å². The minimum atomic E-state index is -0.341. The van der Waals surface area contributed by atoms with E-state index in [9.17, 15) is 14.4 Å². The number of nitrogens with zero attached hydrogens (tertiary/aromatic N) is 3. The molecule has 1 aliphatic rings. The van der Waals surface area contributed by atoms with Crippen molar-refractivity contribution in [2.24, 2.45) is 0 Å². The predicted molar refractivity (Wildman–Crippen MR) is 173 cm³/mol. The highest BCUT2D eigenvalue weighted by Crippen LogP contribution is 2.37. The van der Waals surface area contributed by atoms with Crippen molar-refractivity contribution in [2.45, 2.75) is 19.4 Å². The predicted octanol–water partition coefficient (Wildman–Crippen LogP) is 6.84. The monoisotopic (exact) mass is 629 g/mol. The van der Waals surface area contributed by atoms with Gasteiger partial charge < -0.3 is 29.7 Å². The van der Waals surface area contributed by atoms with Crippen LogP contribution in [0.5, 0.6) is 11.5 Å². The van der Waals surface area contributed by atoms with Crippen molar-refractivity contribution in [3.05, 3.63) is 94.4 Å². The van der Waals surface area contributed by atoms with Crippen molar-refractivity contribution >= 4 is 45.5 Å². The zero-order valence-corrected chi connectivity index (χ0v) is 25.8. The second kappa shape index (κ2) is 14.9. The summed E-state index contributed by atoms with van der Waals surface area (Å²) in [6.07, 6.45) is 4.75. The van der Waals surface area contributed by atoms with Crippen LogP contribution in [0.4, 0.5) is 21.5 Å². The summed E-state index contributed by atoms with van der Waals surface area (Å²) in [7, 11) is 3.21. The molecule has 2 N–H and O–H groups in total. The maximum Gasteiger partial charge on any atom is 0.248 e. The number of methoxy groups -OCH3 is 2. The Labute approximate surface area is 266 Å². The quantitative estimate of drug-likeness (QED) is 0.174. The lowest BCUT2D eigenvalue weighted by molar-refractivity contribution is -0.112. The van der Waals surface area contributed by atoms with Gasteiger partial charge >= 0.3 is 0 Å². The van der Waals surface area contributed by atoms with Crippen molar-refractivity contribution in [3.8, 4) is 17.6 Å². The van der Waals surface area contributed by atoms with Crippen LogP contribution in [0, 0.1) is 17.1 Å². The summed E-state index contributed by atoms with van der Waals surface area (Å²) in [6.45, 7) is 3.47. The number of likely N-dealkylation sites (tertiary alicyclic amines) is 1. The summed E-state index contributed by atoms with van der Waals surface area (Å²) in [5, 5.41) is 17.1. The molecule has 1 aliphatic heterocycles. The second-order valence-corrected chi connectivity index (χ2v) is 11.0. The number of anilines is 3. The number of amides is 1. The van der Waals surface area contributed by atoms with Crippen molar-refractivity contribution in [1.82, 2.24) is 9.88 Å². The number of carbonyl (C=O) groups is 1. The van der Waals surface area contributed by atoms with Gasteiger partial charge in [0.05, 0.1) is 41.2 Å². The van der Waals surface area contributed by atoms with Gasteiger partial charge in [0.1, 0.15) is 30.0 Å². The normalized spacial score (nSPS) is 13.3. The molecule has 9 nitrogen and oxygen atoms in total. The Morgan fingerprint density at radius 1 is 1.13 bits per heavy atom. The van der Waals surface area contributed by atoms with Crippen molar-refractivity contribution in [3.63, 3.8) is 0 Å². The van der Waals surface area contributed by atoms with E-state index in [1.54, 1.807) is 55.7 Å². The molecule has 0 aliphatic carbocycles. The van der Waals surface area contributed by atoms with Crippen LogP contribution in [0.15, 0.2) is 72.4 Å². The number of hydrogen-bond acceptors (Lipinski definition) is 8. The molecular formula is C34H33ClFN5O4. The van der Waals surface area contributed by atoms with Gasteiger partial charge in [-0.05, 0) is 54.8 Å². The highest BCUT2D eigenvalue weighted by molar-refractivity contribution is 6.32. The van der Waals surface area contributed by atoms with E-state index < -0.39 is 0 Å². The van der Waals surface area contributed by atoms with Crippen LogP contribution in [-0.2, 0) is 16.1 Å². The maximum atomic E-state index is 13.5. The number of carbonyl (C=O) groups excluding carboxylic acids is 1. The first-order valence-electron chi connectivity index (χ1n) is 14.4. The number of nitriles is 1. The molecule has 0 atom stereocenters. The third-order valence-electron chi connectivity index (χ3n) is 7.50. The van der Waals surface area contributed by atoms with Gasteiger partial charge in [-0.1, -0.05) is 29.3 Å². The molecule has 2 heterocycles. The number of halogens is 2. The molecule has 0 bridgehead atoms. The average molecular weight is 630 g/mol. The SMILES string of the molecule is COCCN1CCC(=CC(=O)Nc2cc3c(Nc4ccc(OCc5cccc(F)c5)c(Cl)c4)c(C#N)cnc3cc2OC)CC1. The van der Waals surface area contributed by atoms with Crippen LogP contribution in [0.3, 0.4) is 0 Å². The number of benzene rings is 3. The smallest absolute Gasteiger partial charge is 0.248 e. The largest absolute Gasteiger partial charge is 0.494 e. The van der Waals surface area contributed by atoms with Crippen LogP contribution in [-0.4, -0.2) is 56.3 Å². The van der Waals surface area contributed by atoms with Crippen LogP contribution < -0.4 is 20.1 Å². The van der Waals surface area contributed by atoms with E-state index >= 15 is 0 Å². The Hall–Kier alpha value is -4.69. The third kappa shape index (κ3) is 8.08. The third-order valence-corrected chi connectivity index (χ3v) is 7.79. The summed E-state index contributed by atoms with van der Waals surface area (Å²) in [4.78, 5) is 19.8. The Balaban J connectivity index is 1.36. The number of aromatic nitrogens is 1. The van der Waals surface area contributed by atoms with Crippen molar-refractivity contribution in [2.75, 3.05) is 51.1 Å². The number of ether oxygens (including phenoxy) is 3. The van der Waals surface area contributed by atoms with Gasteiger partial charge in [-0.2, -0.15) is 5.26 Å². The highest BCUT2D eigenvalue weighted by Gasteiger charge is 2.18. The number of nitrogens with one attached hydrogen (secondary N) is 2. The number of fused-ring (bicyclic) bond motifs is 1. The van der Waals surface area contributed by atoms with E-state index in [1.165, 1.54) is 25.4 Å². The molecule has 232 valence electrons. The molecule has 45 heavy (non-hydrogen) atoms. The van der Waals surface area contributed by atoms with E-state index in [1.807, 2.05) is 0 Å². The van der Waals surface area contributed by atoms with Gasteiger partial charge in [0.25, 0.3) is 0 Å². The molecule has 1 fully saturated rings. The van der Waals surface area contributed by atoms with Gasteiger partial charge in [-0.15, -0.1) is 0 Å². The van der Waals surface area contributed by atoms with Gasteiger partial charge in [0.2, 0.25) is 5.91 Å². The minimum absolute atomic E-state index is 0.150. The van der Waals surface area contributed by atoms with Crippen LogP contribution in [0.1, 0.15) is 24.0 Å². The standard InChI is InChI=1S/C34H33ClFN5O4/c1-43-13-12-41-10-8-22(9-11-41)15-33(42)40-30-17-27-29(18-32(30)44-2)38-20-24(19-37)34(27)39-26-6-7-31(28(35)16-26)45-21-23-4-3-5-25(36)14-23/h3-7,14-18,20H,8-13,21H2,1-2H3,(H,38,39)(H,40,42). The summed E-state index contributed by atoms with van der Waals surface area (Å²) >= 11 is 6.52. The van der Waals surface area contributed by atoms with Crippen LogP contribution >= 0.6 is 11.6 Å². The van der Waals surface area contributed by atoms with Gasteiger partial charge in [0, 0.05) is 56.2 Å². The zero-order chi connectivity index (χ0) is 31.8. The number of hydrogen-bond donors (Lipinski definition) is 2. The van der Waals surface area contributed by atoms with Gasteiger partial charge in [-0.25, -0.2) is 4.39 Å². The Morgan fingerprint density at radius 2 is 1.96 bits per heavy atom. The summed E-state index contributed by atoms with van der Waals surface area (Å²) in [5.74, 6) is 0.268. The molecule has 0 radical (unpaired) electrons.